The van der Waals surface area contributed by atoms with Crippen molar-refractivity contribution in [2.45, 2.75) is 101 Å². The summed E-state index contributed by atoms with van der Waals surface area (Å²) in [7, 11) is 0. The number of aryl methyl sites for hydroxylation is 2. The van der Waals surface area contributed by atoms with Gasteiger partial charge in [-0.3, -0.25) is 19.4 Å². The van der Waals surface area contributed by atoms with Crippen LogP contribution in [0.2, 0.25) is 0 Å². The first-order valence-electron chi connectivity index (χ1n) is 15.4. The molecule has 210 valence electrons. The lowest BCUT2D eigenvalue weighted by atomic mass is 9.77. The van der Waals surface area contributed by atoms with E-state index in [2.05, 4.69) is 32.6 Å². The predicted octanol–water partition coefficient (Wildman–Crippen LogP) is 3.71. The van der Waals surface area contributed by atoms with E-state index in [9.17, 15) is 19.8 Å². The van der Waals surface area contributed by atoms with E-state index in [-0.39, 0.29) is 47.7 Å². The highest BCUT2D eigenvalue weighted by Gasteiger charge is 2.46. The third-order valence-electron chi connectivity index (χ3n) is 10.6. The van der Waals surface area contributed by atoms with E-state index in [0.29, 0.717) is 0 Å². The second-order valence-electron chi connectivity index (χ2n) is 12.7. The first-order chi connectivity index (χ1) is 19.5. The zero-order chi connectivity index (χ0) is 27.1. The number of nitrogens with zero attached hydrogens (tertiary/aromatic N) is 2. The molecule has 4 aliphatic heterocycles. The van der Waals surface area contributed by atoms with Crippen LogP contribution in [0.25, 0.3) is 11.1 Å². The number of phenols is 2. The summed E-state index contributed by atoms with van der Waals surface area (Å²) in [5.41, 5.74) is 7.69. The predicted molar refractivity (Wildman–Crippen MR) is 150 cm³/mol. The maximum atomic E-state index is 12.8. The molecule has 2 amide bonds. The second-order valence-corrected chi connectivity index (χ2v) is 12.7. The average Bonchev–Trinajstić information content (AvgIpc) is 3.74. The molecular formula is C32H38N4O4. The van der Waals surface area contributed by atoms with Crippen LogP contribution in [-0.2, 0) is 35.3 Å². The average molecular weight is 543 g/mol. The van der Waals surface area contributed by atoms with E-state index < -0.39 is 0 Å². The molecule has 8 rings (SSSR count). The standard InChI is InChI=1S/C32H38N4O4/c37-27-21(29-33-31(39)23-11-5-13-35(23)29)15-17-7-1-3-9-19(17)25(27)26-20-10-4-2-8-18(20)16-22(28(26)38)30-34-32(40)24-12-6-14-36(24)30/h15-16,23-24,29-30,37-38H,1-14H2,(H,33,39)(H,34,40)/t23-,24-,29-,30-/m0/s1. The lowest BCUT2D eigenvalue weighted by Crippen LogP contribution is -2.29. The van der Waals surface area contributed by atoms with Crippen LogP contribution in [0.1, 0.15) is 97.1 Å². The summed E-state index contributed by atoms with van der Waals surface area (Å²) in [4.78, 5) is 30.1. The molecule has 2 aromatic rings. The van der Waals surface area contributed by atoms with Gasteiger partial charge in [0.05, 0.1) is 12.1 Å². The van der Waals surface area contributed by atoms with Crippen LogP contribution in [0.15, 0.2) is 12.1 Å². The van der Waals surface area contributed by atoms with Crippen LogP contribution < -0.4 is 10.6 Å². The number of hydrogen-bond acceptors (Lipinski definition) is 6. The summed E-state index contributed by atoms with van der Waals surface area (Å²) in [6.45, 7) is 1.66. The molecule has 0 radical (unpaired) electrons. The van der Waals surface area contributed by atoms with Gasteiger partial charge in [-0.2, -0.15) is 0 Å². The zero-order valence-corrected chi connectivity index (χ0v) is 23.0. The van der Waals surface area contributed by atoms with E-state index in [0.717, 1.165) is 124 Å². The fourth-order valence-corrected chi connectivity index (χ4v) is 8.69. The first kappa shape index (κ1) is 24.7. The quantitative estimate of drug-likeness (QED) is 0.472. The molecule has 0 aromatic heterocycles. The van der Waals surface area contributed by atoms with Gasteiger partial charge in [0.2, 0.25) is 11.8 Å². The van der Waals surface area contributed by atoms with Gasteiger partial charge in [-0.1, -0.05) is 0 Å². The Kier molecular flexibility index (Phi) is 5.68. The van der Waals surface area contributed by atoms with E-state index in [4.69, 9.17) is 0 Å². The number of nitrogens with one attached hydrogen (secondary N) is 2. The molecule has 4 heterocycles. The lowest BCUT2D eigenvalue weighted by molar-refractivity contribution is -0.121. The van der Waals surface area contributed by atoms with Gasteiger partial charge in [0.25, 0.3) is 0 Å². The molecule has 4 fully saturated rings. The number of hydrogen-bond donors (Lipinski definition) is 4. The van der Waals surface area contributed by atoms with Crippen molar-refractivity contribution in [1.82, 2.24) is 20.4 Å². The molecule has 4 atom stereocenters. The summed E-state index contributed by atoms with van der Waals surface area (Å²) >= 11 is 0. The van der Waals surface area contributed by atoms with Gasteiger partial charge >= 0.3 is 0 Å². The van der Waals surface area contributed by atoms with Crippen molar-refractivity contribution in [2.75, 3.05) is 13.1 Å². The van der Waals surface area contributed by atoms with E-state index in [1.54, 1.807) is 0 Å². The van der Waals surface area contributed by atoms with Crippen LogP contribution in [0.3, 0.4) is 0 Å². The topological polar surface area (TPSA) is 105 Å². The van der Waals surface area contributed by atoms with Crippen LogP contribution in [0.5, 0.6) is 11.5 Å². The van der Waals surface area contributed by atoms with Crippen molar-refractivity contribution >= 4 is 11.8 Å². The highest BCUT2D eigenvalue weighted by Crippen LogP contribution is 2.52. The summed E-state index contributed by atoms with van der Waals surface area (Å²) < 4.78 is 0. The number of phenolic OH excluding ortho intramolecular Hbond substituents is 2. The molecule has 4 N–H and O–H groups in total. The van der Waals surface area contributed by atoms with Crippen molar-refractivity contribution in [2.24, 2.45) is 0 Å². The van der Waals surface area contributed by atoms with Gasteiger partial charge < -0.3 is 20.8 Å². The number of rotatable bonds is 3. The maximum absolute atomic E-state index is 12.8. The SMILES string of the molecule is O=C1N[C@H](c2cc3c(c(-c4c(O)c([C@H]5NC(=O)[C@@H]6CCCN56)cc5c4CCCC5)c2O)CCCC3)N2CCC[C@@H]12. The molecule has 8 nitrogen and oxygen atoms in total. The lowest BCUT2D eigenvalue weighted by Gasteiger charge is -2.31. The molecule has 0 spiro atoms. The van der Waals surface area contributed by atoms with Crippen LogP contribution in [-0.4, -0.2) is 57.0 Å². The van der Waals surface area contributed by atoms with Gasteiger partial charge in [-0.15, -0.1) is 0 Å². The number of benzene rings is 2. The second kappa shape index (κ2) is 9.21. The summed E-state index contributed by atoms with van der Waals surface area (Å²) in [5, 5.41) is 30.7. The Morgan fingerprint density at radius 1 is 0.625 bits per heavy atom. The van der Waals surface area contributed by atoms with E-state index in [1.807, 2.05) is 0 Å². The van der Waals surface area contributed by atoms with Crippen molar-refractivity contribution < 1.29 is 19.8 Å². The van der Waals surface area contributed by atoms with Crippen molar-refractivity contribution in [3.8, 4) is 22.6 Å². The Morgan fingerprint density at radius 3 is 1.50 bits per heavy atom. The molecule has 0 unspecified atom stereocenters. The molecule has 2 aliphatic carbocycles. The molecular weight excluding hydrogens is 504 g/mol. The van der Waals surface area contributed by atoms with Gasteiger partial charge in [0.1, 0.15) is 23.8 Å². The fraction of sp³-hybridized carbons (Fsp3) is 0.562. The van der Waals surface area contributed by atoms with E-state index >= 15 is 0 Å². The van der Waals surface area contributed by atoms with E-state index in [1.165, 1.54) is 11.1 Å². The molecule has 2 aromatic carbocycles. The van der Waals surface area contributed by atoms with Crippen molar-refractivity contribution in [3.05, 3.63) is 45.5 Å². The van der Waals surface area contributed by atoms with Gasteiger partial charge in [0, 0.05) is 35.3 Å². The Labute approximate surface area is 234 Å². The monoisotopic (exact) mass is 542 g/mol. The fourth-order valence-electron chi connectivity index (χ4n) is 8.69. The van der Waals surface area contributed by atoms with Gasteiger partial charge in [-0.25, -0.2) is 0 Å². The Morgan fingerprint density at radius 2 is 1.05 bits per heavy atom. The molecule has 40 heavy (non-hydrogen) atoms. The van der Waals surface area contributed by atoms with Crippen LogP contribution in [0.4, 0.5) is 0 Å². The molecule has 4 saturated heterocycles. The maximum Gasteiger partial charge on any atom is 0.238 e. The van der Waals surface area contributed by atoms with Gasteiger partial charge in [0.15, 0.2) is 0 Å². The minimum Gasteiger partial charge on any atom is -0.507 e. The number of amides is 2. The number of aromatic hydroxyl groups is 2. The third-order valence-corrected chi connectivity index (χ3v) is 10.6. The first-order valence-corrected chi connectivity index (χ1v) is 15.4. The number of fused-ring (bicyclic) bond motifs is 4. The Hall–Kier alpha value is -3.10. The Bertz CT molecular complexity index is 1330. The van der Waals surface area contributed by atoms with Gasteiger partial charge in [-0.05, 0) is 111 Å². The molecule has 0 bridgehead atoms. The molecule has 8 heteroatoms. The largest absolute Gasteiger partial charge is 0.507 e. The van der Waals surface area contributed by atoms with Crippen molar-refractivity contribution in [1.29, 1.82) is 0 Å². The van der Waals surface area contributed by atoms with Crippen molar-refractivity contribution in [3.63, 3.8) is 0 Å². The zero-order valence-electron chi connectivity index (χ0n) is 23.0. The third kappa shape index (κ3) is 3.51. The minimum atomic E-state index is -0.355. The summed E-state index contributed by atoms with van der Waals surface area (Å²) in [6, 6.07) is 3.98. The minimum absolute atomic E-state index is 0.0422. The Balaban J connectivity index is 1.35. The van der Waals surface area contributed by atoms with Crippen LogP contribution in [0, 0.1) is 0 Å². The molecule has 6 aliphatic rings. The highest BCUT2D eigenvalue weighted by molar-refractivity contribution is 5.89. The number of carbonyl (C=O) groups is 2. The summed E-state index contributed by atoms with van der Waals surface area (Å²) in [6.07, 6.45) is 10.8. The normalized spacial score (nSPS) is 29.6. The molecule has 0 saturated carbocycles. The highest BCUT2D eigenvalue weighted by atomic mass is 16.3. The number of carbonyl (C=O) groups excluding carboxylic acids is 2. The smallest absolute Gasteiger partial charge is 0.238 e. The van der Waals surface area contributed by atoms with Crippen LogP contribution >= 0.6 is 0 Å². The summed E-state index contributed by atoms with van der Waals surface area (Å²) in [5.74, 6) is 0.461.